The summed E-state index contributed by atoms with van der Waals surface area (Å²) >= 11 is 0. The minimum absolute atomic E-state index is 0.200. The molecule has 0 amide bonds. The molecule has 96 valence electrons. The van der Waals surface area contributed by atoms with E-state index in [0.29, 0.717) is 0 Å². The zero-order valence-electron chi connectivity index (χ0n) is 8.48. The fourth-order valence-electron chi connectivity index (χ4n) is 1.23. The number of hydrogen-bond donors (Lipinski definition) is 1. The molecule has 0 aliphatic heterocycles. The van der Waals surface area contributed by atoms with E-state index in [2.05, 4.69) is 14.6 Å². The molecule has 0 spiro atoms. The molecule has 0 saturated heterocycles. The van der Waals surface area contributed by atoms with Crippen LogP contribution in [-0.2, 0) is 6.54 Å². The van der Waals surface area contributed by atoms with Crippen LogP contribution < -0.4 is 5.73 Å². The van der Waals surface area contributed by atoms with Crippen molar-refractivity contribution in [3.05, 3.63) is 35.0 Å². The lowest BCUT2D eigenvalue weighted by Crippen LogP contribution is -2.04. The van der Waals surface area contributed by atoms with Gasteiger partial charge in [0.1, 0.15) is 5.56 Å². The molecule has 0 bridgehead atoms. The molecule has 2 aromatic rings. The maximum atomic E-state index is 13.3. The first-order valence-electron chi connectivity index (χ1n) is 4.51. The molecule has 2 rings (SSSR count). The van der Waals surface area contributed by atoms with Crippen LogP contribution in [0.4, 0.5) is 22.0 Å². The van der Waals surface area contributed by atoms with Gasteiger partial charge in [-0.15, -0.1) is 10.2 Å². The van der Waals surface area contributed by atoms with Crippen LogP contribution in [0.15, 0.2) is 4.42 Å². The third-order valence-corrected chi connectivity index (χ3v) is 2.07. The van der Waals surface area contributed by atoms with E-state index in [-0.39, 0.29) is 12.4 Å². The summed E-state index contributed by atoms with van der Waals surface area (Å²) in [6.07, 6.45) is 0. The van der Waals surface area contributed by atoms with Gasteiger partial charge in [0.15, 0.2) is 23.3 Å². The van der Waals surface area contributed by atoms with Gasteiger partial charge in [0.05, 0.1) is 6.54 Å². The minimum atomic E-state index is -2.26. The summed E-state index contributed by atoms with van der Waals surface area (Å²) in [6, 6.07) is 0. The average molecular weight is 265 g/mol. The molecule has 4 nitrogen and oxygen atoms in total. The van der Waals surface area contributed by atoms with Crippen molar-refractivity contribution >= 4 is 0 Å². The van der Waals surface area contributed by atoms with Gasteiger partial charge < -0.3 is 10.2 Å². The molecule has 0 saturated carbocycles. The minimum Gasteiger partial charge on any atom is -0.419 e. The Bertz CT molecular complexity index is 583. The topological polar surface area (TPSA) is 64.9 Å². The number of nitrogens with two attached hydrogens (primary N) is 1. The molecular weight excluding hydrogens is 261 g/mol. The molecule has 0 unspecified atom stereocenters. The van der Waals surface area contributed by atoms with Gasteiger partial charge in [-0.25, -0.2) is 22.0 Å². The van der Waals surface area contributed by atoms with Gasteiger partial charge >= 0.3 is 0 Å². The van der Waals surface area contributed by atoms with Crippen LogP contribution in [0.25, 0.3) is 11.5 Å². The highest BCUT2D eigenvalue weighted by molar-refractivity contribution is 5.55. The van der Waals surface area contributed by atoms with E-state index >= 15 is 0 Å². The van der Waals surface area contributed by atoms with E-state index in [4.69, 9.17) is 5.73 Å². The first-order chi connectivity index (χ1) is 8.47. The van der Waals surface area contributed by atoms with Gasteiger partial charge in [0.25, 0.3) is 5.89 Å². The Morgan fingerprint density at radius 1 is 0.833 bits per heavy atom. The molecule has 1 heterocycles. The van der Waals surface area contributed by atoms with Crippen molar-refractivity contribution in [2.75, 3.05) is 0 Å². The lowest BCUT2D eigenvalue weighted by molar-refractivity contribution is 0.377. The molecule has 9 heteroatoms. The summed E-state index contributed by atoms with van der Waals surface area (Å²) in [7, 11) is 0. The zero-order valence-corrected chi connectivity index (χ0v) is 8.48. The van der Waals surface area contributed by atoms with Gasteiger partial charge in [-0.1, -0.05) is 0 Å². The Morgan fingerprint density at radius 3 is 1.78 bits per heavy atom. The number of hydrogen-bond acceptors (Lipinski definition) is 4. The molecule has 0 atom stereocenters. The molecule has 1 aromatic heterocycles. The largest absolute Gasteiger partial charge is 0.419 e. The van der Waals surface area contributed by atoms with Crippen molar-refractivity contribution in [2.24, 2.45) is 5.73 Å². The van der Waals surface area contributed by atoms with Crippen molar-refractivity contribution in [1.29, 1.82) is 0 Å². The number of halogens is 5. The Hall–Kier alpha value is -2.03. The highest BCUT2D eigenvalue weighted by Crippen LogP contribution is 2.30. The van der Waals surface area contributed by atoms with E-state index in [9.17, 15) is 22.0 Å². The molecule has 1 aromatic carbocycles. The van der Waals surface area contributed by atoms with Crippen molar-refractivity contribution < 1.29 is 26.4 Å². The van der Waals surface area contributed by atoms with E-state index in [1.807, 2.05) is 0 Å². The number of nitrogens with zero attached hydrogens (tertiary/aromatic N) is 2. The van der Waals surface area contributed by atoms with Gasteiger partial charge in [0, 0.05) is 0 Å². The predicted molar refractivity (Wildman–Crippen MR) is 47.4 cm³/mol. The second-order valence-electron chi connectivity index (χ2n) is 3.15. The quantitative estimate of drug-likeness (QED) is 0.511. The first-order valence-corrected chi connectivity index (χ1v) is 4.51. The van der Waals surface area contributed by atoms with Crippen molar-refractivity contribution in [2.45, 2.75) is 6.54 Å². The molecule has 0 fully saturated rings. The van der Waals surface area contributed by atoms with Crippen molar-refractivity contribution in [3.63, 3.8) is 0 Å². The van der Waals surface area contributed by atoms with E-state index < -0.39 is 40.5 Å². The fraction of sp³-hybridized carbons (Fsp3) is 0.111. The van der Waals surface area contributed by atoms with Crippen LogP contribution >= 0.6 is 0 Å². The Labute approximate surface area is 96.2 Å². The monoisotopic (exact) mass is 265 g/mol. The SMILES string of the molecule is NCc1nnc(-c2c(F)c(F)c(F)c(F)c2F)o1. The Kier molecular flexibility index (Phi) is 2.99. The van der Waals surface area contributed by atoms with Crippen LogP contribution in [0.2, 0.25) is 0 Å². The predicted octanol–water partition coefficient (Wildman–Crippen LogP) is 1.89. The fourth-order valence-corrected chi connectivity index (χ4v) is 1.23. The third-order valence-electron chi connectivity index (χ3n) is 2.07. The summed E-state index contributed by atoms with van der Waals surface area (Å²) in [6.45, 7) is -0.234. The van der Waals surface area contributed by atoms with Gasteiger partial charge in [-0.3, -0.25) is 0 Å². The standard InChI is InChI=1S/C9H4F5N3O/c10-4-3(9-17-16-2(1-15)18-9)5(11)7(13)8(14)6(4)12/h1,15H2. The van der Waals surface area contributed by atoms with Gasteiger partial charge in [-0.2, -0.15) is 0 Å². The summed E-state index contributed by atoms with van der Waals surface area (Å²) in [5.74, 6) is -11.5. The van der Waals surface area contributed by atoms with E-state index in [1.165, 1.54) is 0 Å². The van der Waals surface area contributed by atoms with Crippen molar-refractivity contribution in [1.82, 2.24) is 10.2 Å². The van der Waals surface area contributed by atoms with Gasteiger partial charge in [-0.05, 0) is 0 Å². The van der Waals surface area contributed by atoms with Crippen LogP contribution in [0.1, 0.15) is 5.89 Å². The lowest BCUT2D eigenvalue weighted by Gasteiger charge is -2.04. The average Bonchev–Trinajstić information content (AvgIpc) is 2.83. The highest BCUT2D eigenvalue weighted by Gasteiger charge is 2.29. The molecule has 0 aliphatic carbocycles. The van der Waals surface area contributed by atoms with E-state index in [1.54, 1.807) is 0 Å². The number of rotatable bonds is 2. The van der Waals surface area contributed by atoms with Crippen LogP contribution in [0.5, 0.6) is 0 Å². The highest BCUT2D eigenvalue weighted by atomic mass is 19.2. The number of benzene rings is 1. The maximum Gasteiger partial charge on any atom is 0.253 e. The summed E-state index contributed by atoms with van der Waals surface area (Å²) in [4.78, 5) is 0. The molecule has 18 heavy (non-hydrogen) atoms. The zero-order chi connectivity index (χ0) is 13.4. The van der Waals surface area contributed by atoms with E-state index in [0.717, 1.165) is 0 Å². The first kappa shape index (κ1) is 12.4. The molecule has 0 radical (unpaired) electrons. The third kappa shape index (κ3) is 1.72. The maximum absolute atomic E-state index is 13.3. The smallest absolute Gasteiger partial charge is 0.253 e. The second kappa shape index (κ2) is 4.33. The normalized spacial score (nSPS) is 11.0. The molecule has 2 N–H and O–H groups in total. The summed E-state index contributed by atoms with van der Waals surface area (Å²) < 4.78 is 69.9. The summed E-state index contributed by atoms with van der Waals surface area (Å²) in [5, 5.41) is 6.42. The van der Waals surface area contributed by atoms with Gasteiger partial charge in [0.2, 0.25) is 11.7 Å². The number of aromatic nitrogens is 2. The second-order valence-corrected chi connectivity index (χ2v) is 3.15. The Balaban J connectivity index is 2.71. The van der Waals surface area contributed by atoms with Crippen LogP contribution in [0, 0.1) is 29.1 Å². The van der Waals surface area contributed by atoms with Crippen molar-refractivity contribution in [3.8, 4) is 11.5 Å². The molecule has 0 aliphatic rings. The van der Waals surface area contributed by atoms with Crippen LogP contribution in [0.3, 0.4) is 0 Å². The molecular formula is C9H4F5N3O. The van der Waals surface area contributed by atoms with Crippen LogP contribution in [-0.4, -0.2) is 10.2 Å². The Morgan fingerprint density at radius 2 is 1.33 bits per heavy atom. The lowest BCUT2D eigenvalue weighted by atomic mass is 10.1. The summed E-state index contributed by atoms with van der Waals surface area (Å²) in [5.41, 5.74) is 3.83.